The molecule has 4 nitrogen and oxygen atoms in total. The average Bonchev–Trinajstić information content (AvgIpc) is 2.59. The molecule has 0 radical (unpaired) electrons. The first-order chi connectivity index (χ1) is 6.55. The van der Waals surface area contributed by atoms with Gasteiger partial charge in [0.25, 0.3) is 0 Å². The van der Waals surface area contributed by atoms with Crippen LogP contribution in [0.5, 0.6) is 0 Å². The van der Waals surface area contributed by atoms with Crippen LogP contribution in [0.1, 0.15) is 18.9 Å². The zero-order valence-corrected chi connectivity index (χ0v) is 8.77. The summed E-state index contributed by atoms with van der Waals surface area (Å²) in [7, 11) is 1.92. The maximum Gasteiger partial charge on any atom is 0.0758 e. The van der Waals surface area contributed by atoms with E-state index in [1.165, 1.54) is 5.56 Å². The SMILES string of the molecule is Cn1cc(CN2CCC(C)(O)C2)cn1. The lowest BCUT2D eigenvalue weighted by Gasteiger charge is -2.17. The highest BCUT2D eigenvalue weighted by molar-refractivity contribution is 5.04. The Morgan fingerprint density at radius 3 is 2.93 bits per heavy atom. The van der Waals surface area contributed by atoms with Gasteiger partial charge >= 0.3 is 0 Å². The van der Waals surface area contributed by atoms with Crippen molar-refractivity contribution >= 4 is 0 Å². The number of rotatable bonds is 2. The molecular weight excluding hydrogens is 178 g/mol. The van der Waals surface area contributed by atoms with E-state index in [2.05, 4.69) is 10.00 Å². The fourth-order valence-electron chi connectivity index (χ4n) is 1.99. The molecular formula is C10H17N3O. The summed E-state index contributed by atoms with van der Waals surface area (Å²) >= 11 is 0. The first-order valence-electron chi connectivity index (χ1n) is 4.97. The van der Waals surface area contributed by atoms with Crippen molar-refractivity contribution in [2.24, 2.45) is 7.05 Å². The third-order valence-electron chi connectivity index (χ3n) is 2.70. The Kier molecular flexibility index (Phi) is 2.33. The van der Waals surface area contributed by atoms with Crippen LogP contribution in [0.2, 0.25) is 0 Å². The number of likely N-dealkylation sites (tertiary alicyclic amines) is 1. The molecule has 0 spiro atoms. The van der Waals surface area contributed by atoms with E-state index in [-0.39, 0.29) is 0 Å². The molecule has 78 valence electrons. The van der Waals surface area contributed by atoms with Gasteiger partial charge in [-0.05, 0) is 13.3 Å². The molecule has 1 aliphatic rings. The van der Waals surface area contributed by atoms with Crippen molar-refractivity contribution in [2.75, 3.05) is 13.1 Å². The smallest absolute Gasteiger partial charge is 0.0758 e. The summed E-state index contributed by atoms with van der Waals surface area (Å²) < 4.78 is 1.81. The van der Waals surface area contributed by atoms with Crippen LogP contribution in [0.4, 0.5) is 0 Å². The number of hydrogen-bond acceptors (Lipinski definition) is 3. The van der Waals surface area contributed by atoms with Crippen LogP contribution in [-0.2, 0) is 13.6 Å². The monoisotopic (exact) mass is 195 g/mol. The second kappa shape index (κ2) is 3.37. The van der Waals surface area contributed by atoms with E-state index in [4.69, 9.17) is 0 Å². The van der Waals surface area contributed by atoms with Crippen LogP contribution in [0, 0.1) is 0 Å². The van der Waals surface area contributed by atoms with Crippen molar-refractivity contribution in [3.05, 3.63) is 18.0 Å². The molecule has 1 saturated heterocycles. The molecule has 14 heavy (non-hydrogen) atoms. The Morgan fingerprint density at radius 2 is 2.43 bits per heavy atom. The Morgan fingerprint density at radius 1 is 1.64 bits per heavy atom. The first-order valence-corrected chi connectivity index (χ1v) is 4.97. The molecule has 0 amide bonds. The van der Waals surface area contributed by atoms with Gasteiger partial charge in [-0.1, -0.05) is 0 Å². The zero-order valence-electron chi connectivity index (χ0n) is 8.77. The standard InChI is InChI=1S/C10H17N3O/c1-10(14)3-4-13(8-10)7-9-5-11-12(2)6-9/h5-6,14H,3-4,7-8H2,1-2H3. The second-order valence-electron chi connectivity index (χ2n) is 4.48. The number of aromatic nitrogens is 2. The van der Waals surface area contributed by atoms with Gasteiger partial charge in [-0.3, -0.25) is 9.58 Å². The summed E-state index contributed by atoms with van der Waals surface area (Å²) in [6.45, 7) is 4.53. The quantitative estimate of drug-likeness (QED) is 0.741. The van der Waals surface area contributed by atoms with Crippen LogP contribution in [0.25, 0.3) is 0 Å². The maximum absolute atomic E-state index is 9.79. The molecule has 4 heteroatoms. The summed E-state index contributed by atoms with van der Waals surface area (Å²) in [4.78, 5) is 2.26. The van der Waals surface area contributed by atoms with Crippen LogP contribution in [0.15, 0.2) is 12.4 Å². The zero-order chi connectivity index (χ0) is 10.2. The second-order valence-corrected chi connectivity index (χ2v) is 4.48. The van der Waals surface area contributed by atoms with Crippen molar-refractivity contribution in [3.63, 3.8) is 0 Å². The molecule has 0 bridgehead atoms. The Hall–Kier alpha value is -0.870. The van der Waals surface area contributed by atoms with Crippen molar-refractivity contribution < 1.29 is 5.11 Å². The molecule has 1 atom stereocenters. The van der Waals surface area contributed by atoms with E-state index in [9.17, 15) is 5.11 Å². The van der Waals surface area contributed by atoms with Crippen LogP contribution >= 0.6 is 0 Å². The van der Waals surface area contributed by atoms with Gasteiger partial charge in [-0.2, -0.15) is 5.10 Å². The number of nitrogens with zero attached hydrogens (tertiary/aromatic N) is 3. The highest BCUT2D eigenvalue weighted by Crippen LogP contribution is 2.21. The van der Waals surface area contributed by atoms with Crippen LogP contribution in [0.3, 0.4) is 0 Å². The van der Waals surface area contributed by atoms with Gasteiger partial charge in [-0.15, -0.1) is 0 Å². The molecule has 1 aliphatic heterocycles. The molecule has 2 heterocycles. The van der Waals surface area contributed by atoms with Gasteiger partial charge in [0.15, 0.2) is 0 Å². The van der Waals surface area contributed by atoms with Gasteiger partial charge in [0.1, 0.15) is 0 Å². The minimum atomic E-state index is -0.498. The molecule has 1 aromatic rings. The van der Waals surface area contributed by atoms with Crippen molar-refractivity contribution in [1.82, 2.24) is 14.7 Å². The number of aryl methyl sites for hydroxylation is 1. The molecule has 1 aromatic heterocycles. The fraction of sp³-hybridized carbons (Fsp3) is 0.700. The van der Waals surface area contributed by atoms with Crippen molar-refractivity contribution in [1.29, 1.82) is 0 Å². The molecule has 2 rings (SSSR count). The lowest BCUT2D eigenvalue weighted by atomic mass is 10.1. The van der Waals surface area contributed by atoms with Crippen molar-refractivity contribution in [2.45, 2.75) is 25.5 Å². The normalized spacial score (nSPS) is 28.5. The summed E-state index contributed by atoms with van der Waals surface area (Å²) in [5.41, 5.74) is 0.715. The molecule has 0 aromatic carbocycles. The maximum atomic E-state index is 9.79. The number of β-amino-alcohol motifs (C(OH)–C–C–N with tert-alkyl or cyclic N) is 1. The van der Waals surface area contributed by atoms with Gasteiger partial charge in [0, 0.05) is 38.4 Å². The Labute approximate surface area is 84.1 Å². The summed E-state index contributed by atoms with van der Waals surface area (Å²) in [6, 6.07) is 0. The third-order valence-corrected chi connectivity index (χ3v) is 2.70. The van der Waals surface area contributed by atoms with Gasteiger partial charge in [-0.25, -0.2) is 0 Å². The number of hydrogen-bond donors (Lipinski definition) is 1. The summed E-state index contributed by atoms with van der Waals surface area (Å²) in [5, 5.41) is 13.9. The van der Waals surface area contributed by atoms with E-state index in [1.54, 1.807) is 0 Å². The first kappa shape index (κ1) is 9.68. The van der Waals surface area contributed by atoms with Gasteiger partial charge in [0.05, 0.1) is 11.8 Å². The molecule has 1 fully saturated rings. The lowest BCUT2D eigenvalue weighted by molar-refractivity contribution is 0.0679. The largest absolute Gasteiger partial charge is 0.389 e. The van der Waals surface area contributed by atoms with Gasteiger partial charge in [0.2, 0.25) is 0 Å². The van der Waals surface area contributed by atoms with E-state index >= 15 is 0 Å². The van der Waals surface area contributed by atoms with E-state index in [0.29, 0.717) is 0 Å². The van der Waals surface area contributed by atoms with Crippen LogP contribution < -0.4 is 0 Å². The minimum absolute atomic E-state index is 0.498. The summed E-state index contributed by atoms with van der Waals surface area (Å²) in [5.74, 6) is 0. The topological polar surface area (TPSA) is 41.3 Å². The minimum Gasteiger partial charge on any atom is -0.389 e. The van der Waals surface area contributed by atoms with Crippen molar-refractivity contribution in [3.8, 4) is 0 Å². The lowest BCUT2D eigenvalue weighted by Crippen LogP contribution is -2.29. The number of aliphatic hydroxyl groups is 1. The highest BCUT2D eigenvalue weighted by Gasteiger charge is 2.31. The molecule has 1 N–H and O–H groups in total. The Balaban J connectivity index is 1.94. The average molecular weight is 195 g/mol. The van der Waals surface area contributed by atoms with E-state index < -0.39 is 5.60 Å². The van der Waals surface area contributed by atoms with Crippen LogP contribution in [-0.4, -0.2) is 38.5 Å². The molecule has 0 saturated carbocycles. The Bertz CT molecular complexity index is 319. The third kappa shape index (κ3) is 2.13. The highest BCUT2D eigenvalue weighted by atomic mass is 16.3. The van der Waals surface area contributed by atoms with E-state index in [1.807, 2.05) is 31.0 Å². The predicted octanol–water partition coefficient (Wildman–Crippen LogP) is 0.377. The van der Waals surface area contributed by atoms with Gasteiger partial charge < -0.3 is 5.11 Å². The molecule has 0 aliphatic carbocycles. The predicted molar refractivity (Wildman–Crippen MR) is 53.7 cm³/mol. The molecule has 1 unspecified atom stereocenters. The fourth-order valence-corrected chi connectivity index (χ4v) is 1.99. The van der Waals surface area contributed by atoms with E-state index in [0.717, 1.165) is 26.1 Å². The summed E-state index contributed by atoms with van der Waals surface area (Å²) in [6.07, 6.45) is 4.77.